The molecule has 0 aromatic carbocycles. The van der Waals surface area contributed by atoms with Crippen LogP contribution in [0.4, 0.5) is 5.82 Å². The molecule has 0 aliphatic carbocycles. The van der Waals surface area contributed by atoms with Gasteiger partial charge in [-0.25, -0.2) is 9.97 Å². The van der Waals surface area contributed by atoms with Crippen molar-refractivity contribution in [2.45, 2.75) is 58.8 Å². The molecule has 156 valence electrons. The normalized spacial score (nSPS) is 20.1. The van der Waals surface area contributed by atoms with Crippen LogP contribution in [-0.2, 0) is 12.8 Å². The Bertz CT molecular complexity index is 804. The van der Waals surface area contributed by atoms with Crippen LogP contribution in [0.5, 0.6) is 0 Å². The first-order chi connectivity index (χ1) is 14.1. The van der Waals surface area contributed by atoms with E-state index in [-0.39, 0.29) is 0 Å². The summed E-state index contributed by atoms with van der Waals surface area (Å²) in [6.07, 6.45) is 7.59. The van der Waals surface area contributed by atoms with Crippen molar-refractivity contribution in [3.8, 4) is 0 Å². The average Bonchev–Trinajstić information content (AvgIpc) is 2.73. The minimum Gasteiger partial charge on any atom is -0.356 e. The fourth-order valence-corrected chi connectivity index (χ4v) is 4.85. The van der Waals surface area contributed by atoms with Crippen molar-refractivity contribution in [3.63, 3.8) is 0 Å². The predicted octanol–water partition coefficient (Wildman–Crippen LogP) is 4.01. The summed E-state index contributed by atoms with van der Waals surface area (Å²) in [5, 5.41) is 0. The molecule has 1 atom stereocenters. The number of aryl methyl sites for hydroxylation is 1. The van der Waals surface area contributed by atoms with Gasteiger partial charge < -0.3 is 9.80 Å². The summed E-state index contributed by atoms with van der Waals surface area (Å²) in [4.78, 5) is 19.7. The average molecular weight is 394 g/mol. The van der Waals surface area contributed by atoms with Crippen molar-refractivity contribution in [2.24, 2.45) is 5.92 Å². The van der Waals surface area contributed by atoms with Gasteiger partial charge in [0, 0.05) is 61.7 Å². The minimum absolute atomic E-state index is 0.464. The molecular weight excluding hydrogens is 358 g/mol. The molecule has 2 aromatic heterocycles. The van der Waals surface area contributed by atoms with Gasteiger partial charge in [0.1, 0.15) is 11.6 Å². The summed E-state index contributed by atoms with van der Waals surface area (Å²) in [6, 6.07) is 6.17. The highest BCUT2D eigenvalue weighted by atomic mass is 15.2. The minimum atomic E-state index is 0.464. The van der Waals surface area contributed by atoms with Crippen molar-refractivity contribution < 1.29 is 0 Å². The zero-order valence-electron chi connectivity index (χ0n) is 18.3. The van der Waals surface area contributed by atoms with Gasteiger partial charge in [-0.15, -0.1) is 0 Å². The van der Waals surface area contributed by atoms with Gasteiger partial charge in [-0.05, 0) is 57.2 Å². The summed E-state index contributed by atoms with van der Waals surface area (Å²) >= 11 is 0. The number of anilines is 1. The molecule has 5 nitrogen and oxygen atoms in total. The van der Waals surface area contributed by atoms with Crippen molar-refractivity contribution in [1.29, 1.82) is 0 Å². The lowest BCUT2D eigenvalue weighted by atomic mass is 9.95. The van der Waals surface area contributed by atoms with Crippen LogP contribution >= 0.6 is 0 Å². The second-order valence-corrected chi connectivity index (χ2v) is 9.12. The molecule has 0 amide bonds. The molecule has 1 saturated heterocycles. The maximum atomic E-state index is 5.17. The third-order valence-electron chi connectivity index (χ3n) is 6.22. The van der Waals surface area contributed by atoms with E-state index >= 15 is 0 Å². The van der Waals surface area contributed by atoms with Gasteiger partial charge in [0.15, 0.2) is 0 Å². The lowest BCUT2D eigenvalue weighted by Gasteiger charge is -2.35. The molecule has 4 rings (SSSR count). The number of hydrogen-bond acceptors (Lipinski definition) is 5. The molecule has 2 aromatic rings. The first kappa shape index (κ1) is 20.3. The molecule has 0 saturated carbocycles. The second kappa shape index (κ2) is 9.21. The van der Waals surface area contributed by atoms with Gasteiger partial charge in [-0.2, -0.15) is 0 Å². The van der Waals surface area contributed by atoms with E-state index in [1.807, 2.05) is 12.3 Å². The van der Waals surface area contributed by atoms with E-state index < -0.39 is 0 Å². The second-order valence-electron chi connectivity index (χ2n) is 9.12. The molecule has 2 aliphatic heterocycles. The molecule has 0 N–H and O–H groups in total. The van der Waals surface area contributed by atoms with Crippen molar-refractivity contribution >= 4 is 5.82 Å². The fourth-order valence-electron chi connectivity index (χ4n) is 4.85. The third-order valence-corrected chi connectivity index (χ3v) is 6.22. The quantitative estimate of drug-likeness (QED) is 0.742. The van der Waals surface area contributed by atoms with E-state index in [2.05, 4.69) is 47.7 Å². The van der Waals surface area contributed by atoms with Crippen LogP contribution < -0.4 is 4.90 Å². The summed E-state index contributed by atoms with van der Waals surface area (Å²) in [7, 11) is 0. The number of pyridine rings is 1. The maximum Gasteiger partial charge on any atom is 0.135 e. The zero-order chi connectivity index (χ0) is 20.2. The van der Waals surface area contributed by atoms with Crippen LogP contribution in [0.25, 0.3) is 0 Å². The molecule has 0 spiro atoms. The largest absolute Gasteiger partial charge is 0.356 e. The number of piperidine rings is 1. The van der Waals surface area contributed by atoms with Gasteiger partial charge in [0.2, 0.25) is 0 Å². The van der Waals surface area contributed by atoms with Crippen molar-refractivity contribution in [2.75, 3.05) is 37.6 Å². The van der Waals surface area contributed by atoms with Gasteiger partial charge in [0.05, 0.1) is 0 Å². The Balaban J connectivity index is 1.53. The number of likely N-dealkylation sites (tertiary alicyclic amines) is 1. The highest BCUT2D eigenvalue weighted by Crippen LogP contribution is 2.31. The Morgan fingerprint density at radius 1 is 1.14 bits per heavy atom. The monoisotopic (exact) mass is 393 g/mol. The lowest BCUT2D eigenvalue weighted by Crippen LogP contribution is -2.38. The summed E-state index contributed by atoms with van der Waals surface area (Å²) in [5.41, 5.74) is 3.70. The number of aromatic nitrogens is 3. The van der Waals surface area contributed by atoms with Crippen LogP contribution in [0.3, 0.4) is 0 Å². The van der Waals surface area contributed by atoms with Gasteiger partial charge in [0.25, 0.3) is 0 Å². The Morgan fingerprint density at radius 2 is 2.03 bits per heavy atom. The van der Waals surface area contributed by atoms with E-state index in [1.165, 1.54) is 49.4 Å². The molecule has 4 heterocycles. The molecule has 0 radical (unpaired) electrons. The topological polar surface area (TPSA) is 45.2 Å². The lowest BCUT2D eigenvalue weighted by molar-refractivity contribution is 0.184. The van der Waals surface area contributed by atoms with Gasteiger partial charge in [-0.1, -0.05) is 19.9 Å². The number of nitrogens with zero attached hydrogens (tertiary/aromatic N) is 5. The summed E-state index contributed by atoms with van der Waals surface area (Å²) in [5.74, 6) is 3.43. The first-order valence-electron chi connectivity index (χ1n) is 11.3. The van der Waals surface area contributed by atoms with Crippen molar-refractivity contribution in [3.05, 3.63) is 47.2 Å². The van der Waals surface area contributed by atoms with E-state index in [1.54, 1.807) is 0 Å². The summed E-state index contributed by atoms with van der Waals surface area (Å²) in [6.45, 7) is 12.4. The predicted molar refractivity (Wildman–Crippen MR) is 118 cm³/mol. The van der Waals surface area contributed by atoms with Crippen LogP contribution in [0.1, 0.15) is 61.8 Å². The fraction of sp³-hybridized carbons (Fsp3) is 0.625. The zero-order valence-corrected chi connectivity index (χ0v) is 18.3. The van der Waals surface area contributed by atoms with Crippen LogP contribution in [0.2, 0.25) is 0 Å². The maximum absolute atomic E-state index is 5.17. The number of hydrogen-bond donors (Lipinski definition) is 0. The molecule has 1 fully saturated rings. The Kier molecular flexibility index (Phi) is 6.43. The molecular formula is C24H35N5. The molecule has 5 heteroatoms. The molecule has 1 unspecified atom stereocenters. The van der Waals surface area contributed by atoms with Gasteiger partial charge >= 0.3 is 0 Å². The number of rotatable bonds is 6. The standard InChI is InChI=1S/C24H35N5/c1-18(2)16-28-13-6-8-20(17-28)23-26-19(3)22-10-7-14-29(24(22)27-23)15-11-21-9-4-5-12-25-21/h4-5,9,12,18,20H,6-8,10-11,13-17H2,1-3H3. The Morgan fingerprint density at radius 3 is 2.83 bits per heavy atom. The van der Waals surface area contributed by atoms with Crippen LogP contribution in [0, 0.1) is 12.8 Å². The van der Waals surface area contributed by atoms with E-state index in [9.17, 15) is 0 Å². The highest BCUT2D eigenvalue weighted by Gasteiger charge is 2.27. The third kappa shape index (κ3) is 4.95. The van der Waals surface area contributed by atoms with E-state index in [0.29, 0.717) is 11.8 Å². The van der Waals surface area contributed by atoms with E-state index in [4.69, 9.17) is 9.97 Å². The first-order valence-corrected chi connectivity index (χ1v) is 11.3. The molecule has 2 aliphatic rings. The van der Waals surface area contributed by atoms with Gasteiger partial charge in [-0.3, -0.25) is 4.98 Å². The molecule has 0 bridgehead atoms. The molecule has 29 heavy (non-hydrogen) atoms. The SMILES string of the molecule is Cc1nc(C2CCCN(CC(C)C)C2)nc2c1CCCN2CCc1ccccn1. The Labute approximate surface area is 175 Å². The van der Waals surface area contributed by atoms with Crippen LogP contribution in [-0.4, -0.2) is 52.6 Å². The van der Waals surface area contributed by atoms with E-state index in [0.717, 1.165) is 44.0 Å². The van der Waals surface area contributed by atoms with Crippen molar-refractivity contribution in [1.82, 2.24) is 19.9 Å². The van der Waals surface area contributed by atoms with Crippen LogP contribution in [0.15, 0.2) is 24.4 Å². The number of fused-ring (bicyclic) bond motifs is 1. The summed E-state index contributed by atoms with van der Waals surface area (Å²) < 4.78 is 0. The Hall–Kier alpha value is -2.01. The highest BCUT2D eigenvalue weighted by molar-refractivity contribution is 5.51. The smallest absolute Gasteiger partial charge is 0.135 e.